The van der Waals surface area contributed by atoms with Crippen molar-refractivity contribution in [2.75, 3.05) is 0 Å². The van der Waals surface area contributed by atoms with Crippen LogP contribution in [0.15, 0.2) is 0 Å². The maximum atomic E-state index is 10.8. The van der Waals surface area contributed by atoms with Crippen LogP contribution in [0.4, 0.5) is 0 Å². The van der Waals surface area contributed by atoms with Crippen molar-refractivity contribution in [3.05, 3.63) is 0 Å². The van der Waals surface area contributed by atoms with Gasteiger partial charge in [-0.15, -0.1) is 0 Å². The van der Waals surface area contributed by atoms with Crippen LogP contribution in [-0.4, -0.2) is 29.4 Å². The summed E-state index contributed by atoms with van der Waals surface area (Å²) in [5.74, 6) is 0. The minimum absolute atomic E-state index is 0. The van der Waals surface area contributed by atoms with E-state index in [9.17, 15) is 13.0 Å². The van der Waals surface area contributed by atoms with Gasteiger partial charge in [-0.3, -0.25) is 0 Å². The molecule has 0 aromatic carbocycles. The molecule has 0 spiro atoms. The molecule has 0 amide bonds. The first-order valence-corrected chi connectivity index (χ1v) is 7.47. The summed E-state index contributed by atoms with van der Waals surface area (Å²) in [6.07, 6.45) is 5.05. The summed E-state index contributed by atoms with van der Waals surface area (Å²) in [4.78, 5) is 0. The number of hydrogen-bond acceptors (Lipinski definition) is 4. The molecule has 0 bridgehead atoms. The molecular formula is C11H23NaO4S. The third kappa shape index (κ3) is 11.7. The van der Waals surface area contributed by atoms with E-state index >= 15 is 0 Å². The largest absolute Gasteiger partial charge is 1.00 e. The van der Waals surface area contributed by atoms with E-state index in [0.717, 1.165) is 32.1 Å². The number of aliphatic hydroxyl groups is 1. The molecule has 2 unspecified atom stereocenters. The van der Waals surface area contributed by atoms with Gasteiger partial charge in [-0.25, -0.2) is 8.42 Å². The molecule has 2 atom stereocenters. The van der Waals surface area contributed by atoms with Gasteiger partial charge in [0.1, 0.15) is 0 Å². The zero-order valence-corrected chi connectivity index (χ0v) is 14.0. The van der Waals surface area contributed by atoms with E-state index in [1.807, 2.05) is 0 Å². The summed E-state index contributed by atoms with van der Waals surface area (Å²) in [6, 6.07) is 0. The number of hydrogen-bond donors (Lipinski definition) is 1. The molecule has 0 fully saturated rings. The molecule has 0 aliphatic rings. The normalized spacial score (nSPS) is 15.1. The fraction of sp³-hybridized carbons (Fsp3) is 1.00. The standard InChI is InChI=1S/C11H24O4S.Na/c1-3-11(16(13,14)15)9-7-5-4-6-8-10(2)12;/h10-12H,3-9H2,1-2H3,(H,13,14,15);/q;+1/p-1. The van der Waals surface area contributed by atoms with Crippen molar-refractivity contribution in [1.29, 1.82) is 0 Å². The second-order valence-corrected chi connectivity index (χ2v) is 6.02. The van der Waals surface area contributed by atoms with Crippen LogP contribution < -0.4 is 29.6 Å². The molecule has 0 radical (unpaired) electrons. The molecule has 0 aromatic rings. The fourth-order valence-corrected chi connectivity index (χ4v) is 2.58. The SMILES string of the molecule is CCC(CCCCCCC(C)O)S(=O)(=O)[O-].[Na+]. The predicted molar refractivity (Wildman–Crippen MR) is 63.2 cm³/mol. The van der Waals surface area contributed by atoms with Crippen LogP contribution in [-0.2, 0) is 10.1 Å². The van der Waals surface area contributed by atoms with E-state index in [-0.39, 0.29) is 35.7 Å². The average Bonchev–Trinajstić information content (AvgIpc) is 2.14. The van der Waals surface area contributed by atoms with Gasteiger partial charge in [0.05, 0.1) is 16.2 Å². The first kappa shape index (κ1) is 20.2. The number of rotatable bonds is 9. The minimum Gasteiger partial charge on any atom is -0.748 e. The van der Waals surface area contributed by atoms with Crippen molar-refractivity contribution in [3.63, 3.8) is 0 Å². The molecule has 0 aliphatic carbocycles. The van der Waals surface area contributed by atoms with Gasteiger partial charge in [-0.05, 0) is 26.2 Å². The zero-order valence-electron chi connectivity index (χ0n) is 11.2. The smallest absolute Gasteiger partial charge is 0.748 e. The molecular weight excluding hydrogens is 251 g/mol. The minimum atomic E-state index is -4.11. The predicted octanol–water partition coefficient (Wildman–Crippen LogP) is -0.964. The molecule has 6 heteroatoms. The molecule has 0 heterocycles. The topological polar surface area (TPSA) is 77.4 Å². The number of unbranched alkanes of at least 4 members (excludes halogenated alkanes) is 3. The van der Waals surface area contributed by atoms with Gasteiger partial charge in [-0.2, -0.15) is 0 Å². The average molecular weight is 274 g/mol. The van der Waals surface area contributed by atoms with Gasteiger partial charge in [0.15, 0.2) is 0 Å². The van der Waals surface area contributed by atoms with Crippen LogP contribution in [0.2, 0.25) is 0 Å². The van der Waals surface area contributed by atoms with Gasteiger partial charge in [0.25, 0.3) is 0 Å². The Morgan fingerprint density at radius 3 is 1.94 bits per heavy atom. The Hall–Kier alpha value is 0.870. The van der Waals surface area contributed by atoms with Gasteiger partial charge in [0, 0.05) is 5.25 Å². The Balaban J connectivity index is 0. The molecule has 17 heavy (non-hydrogen) atoms. The van der Waals surface area contributed by atoms with E-state index in [2.05, 4.69) is 0 Å². The molecule has 0 aromatic heterocycles. The molecule has 1 N–H and O–H groups in total. The van der Waals surface area contributed by atoms with Crippen molar-refractivity contribution in [1.82, 2.24) is 0 Å². The van der Waals surface area contributed by atoms with Crippen LogP contribution in [0.1, 0.15) is 58.8 Å². The van der Waals surface area contributed by atoms with Crippen LogP contribution >= 0.6 is 0 Å². The monoisotopic (exact) mass is 274 g/mol. The van der Waals surface area contributed by atoms with Gasteiger partial charge in [0.2, 0.25) is 0 Å². The molecule has 0 saturated carbocycles. The van der Waals surface area contributed by atoms with Crippen LogP contribution in [0.5, 0.6) is 0 Å². The summed E-state index contributed by atoms with van der Waals surface area (Å²) in [5, 5.41) is 8.30. The van der Waals surface area contributed by atoms with E-state index in [4.69, 9.17) is 5.11 Å². The molecule has 0 aliphatic heterocycles. The van der Waals surface area contributed by atoms with E-state index in [0.29, 0.717) is 12.8 Å². The zero-order chi connectivity index (χ0) is 12.6. The quantitative estimate of drug-likeness (QED) is 0.333. The van der Waals surface area contributed by atoms with Gasteiger partial charge in [-0.1, -0.05) is 32.6 Å². The first-order valence-electron chi connectivity index (χ1n) is 6.00. The summed E-state index contributed by atoms with van der Waals surface area (Å²) in [6.45, 7) is 3.49. The van der Waals surface area contributed by atoms with Crippen molar-refractivity contribution in [3.8, 4) is 0 Å². The van der Waals surface area contributed by atoms with Crippen molar-refractivity contribution in [2.24, 2.45) is 0 Å². The Bertz CT molecular complexity index is 265. The van der Waals surface area contributed by atoms with E-state index < -0.39 is 15.4 Å². The summed E-state index contributed by atoms with van der Waals surface area (Å²) in [7, 11) is -4.11. The van der Waals surface area contributed by atoms with Crippen LogP contribution in [0.3, 0.4) is 0 Å². The Morgan fingerprint density at radius 2 is 1.59 bits per heavy atom. The van der Waals surface area contributed by atoms with E-state index in [1.165, 1.54) is 0 Å². The molecule has 0 saturated heterocycles. The summed E-state index contributed by atoms with van der Waals surface area (Å²) >= 11 is 0. The van der Waals surface area contributed by atoms with Crippen molar-refractivity contribution in [2.45, 2.75) is 70.1 Å². The van der Waals surface area contributed by atoms with Crippen LogP contribution in [0.25, 0.3) is 0 Å². The molecule has 98 valence electrons. The maximum absolute atomic E-state index is 10.8. The fourth-order valence-electron chi connectivity index (χ4n) is 1.72. The Morgan fingerprint density at radius 1 is 1.12 bits per heavy atom. The Labute approximate surface area is 127 Å². The van der Waals surface area contributed by atoms with Crippen molar-refractivity contribution >= 4 is 10.1 Å². The second-order valence-electron chi connectivity index (χ2n) is 4.36. The molecule has 0 rings (SSSR count). The number of aliphatic hydroxyl groups excluding tert-OH is 1. The van der Waals surface area contributed by atoms with Gasteiger partial charge < -0.3 is 9.66 Å². The maximum Gasteiger partial charge on any atom is 1.00 e. The van der Waals surface area contributed by atoms with Crippen LogP contribution in [0, 0.1) is 0 Å². The third-order valence-electron chi connectivity index (χ3n) is 2.76. The van der Waals surface area contributed by atoms with Gasteiger partial charge >= 0.3 is 29.6 Å². The van der Waals surface area contributed by atoms with E-state index in [1.54, 1.807) is 13.8 Å². The third-order valence-corrected chi connectivity index (χ3v) is 4.15. The first-order chi connectivity index (χ1) is 7.38. The van der Waals surface area contributed by atoms with Crippen molar-refractivity contribution < 1.29 is 47.6 Å². The second kappa shape index (κ2) is 10.8. The Kier molecular flexibility index (Phi) is 12.8. The summed E-state index contributed by atoms with van der Waals surface area (Å²) in [5.41, 5.74) is 0. The summed E-state index contributed by atoms with van der Waals surface area (Å²) < 4.78 is 32.3. The molecule has 4 nitrogen and oxygen atoms in total.